The molecular formula is C47H62O4S4. The minimum atomic E-state index is -0.190. The molecule has 8 heteroatoms. The summed E-state index contributed by atoms with van der Waals surface area (Å²) in [5.74, 6) is 1.82. The molecule has 0 saturated carbocycles. The van der Waals surface area contributed by atoms with Crippen LogP contribution in [0.15, 0.2) is 30.3 Å². The van der Waals surface area contributed by atoms with Crippen LogP contribution in [0.1, 0.15) is 156 Å². The van der Waals surface area contributed by atoms with E-state index in [1.807, 2.05) is 34.0 Å². The molecule has 4 heterocycles. The molecule has 2 aromatic carbocycles. The topological polar surface area (TPSA) is 44.8 Å². The lowest BCUT2D eigenvalue weighted by molar-refractivity contribution is 0.0503. The summed E-state index contributed by atoms with van der Waals surface area (Å²) in [6.45, 7) is 13.1. The number of carbonyl (C=O) groups is 1. The number of carbonyl (C=O) groups excluding carboxylic acids is 1. The van der Waals surface area contributed by atoms with Crippen LogP contribution in [0.25, 0.3) is 50.8 Å². The molecular weight excluding hydrogens is 757 g/mol. The van der Waals surface area contributed by atoms with Gasteiger partial charge in [-0.05, 0) is 68.8 Å². The maximum atomic E-state index is 13.1. The first-order valence-electron chi connectivity index (χ1n) is 21.3. The van der Waals surface area contributed by atoms with E-state index in [4.69, 9.17) is 14.2 Å². The van der Waals surface area contributed by atoms with Crippen LogP contribution in [0.3, 0.4) is 0 Å². The average Bonchev–Trinajstić information content (AvgIpc) is 3.97. The number of benzene rings is 2. The molecule has 0 unspecified atom stereocenters. The summed E-state index contributed by atoms with van der Waals surface area (Å²) in [5.41, 5.74) is 0. The van der Waals surface area contributed by atoms with Gasteiger partial charge in [-0.2, -0.15) is 0 Å². The summed E-state index contributed by atoms with van der Waals surface area (Å²) in [4.78, 5) is 18.8. The number of unbranched alkanes of at least 4 members (excludes halogenated alkanes) is 15. The van der Waals surface area contributed by atoms with E-state index in [2.05, 4.69) is 65.0 Å². The van der Waals surface area contributed by atoms with Crippen LogP contribution >= 0.6 is 45.3 Å². The molecule has 0 amide bonds. The van der Waals surface area contributed by atoms with Crippen molar-refractivity contribution in [2.45, 2.75) is 150 Å². The SMILES string of the molecule is CCCCCCCCOC(=O)c1cc2c(-c3cc4cc5c(OCCCCCCCC)c6sc(C)cc6c(OCCCCCCCC)c5cc4s3)sc(C)c2s1. The normalized spacial score (nSPS) is 11.9. The van der Waals surface area contributed by atoms with Crippen molar-refractivity contribution in [3.05, 3.63) is 45.0 Å². The first-order valence-corrected chi connectivity index (χ1v) is 24.6. The standard InChI is InChI=1S/C47H62O4S4/c1-6-9-12-15-18-21-24-49-42-36-30-39-34(28-35(36)43(46-37(42)27-32(4)52-46)50-25-22-19-16-13-10-7-2)29-40(54-39)45-38-31-41(55-44(38)33(5)53-45)47(48)51-26-23-20-17-14-11-8-3/h27-31H,6-26H2,1-5H3. The van der Waals surface area contributed by atoms with Gasteiger partial charge in [-0.25, -0.2) is 4.79 Å². The third-order valence-corrected chi connectivity index (χ3v) is 15.5. The second-order valence-corrected chi connectivity index (χ2v) is 19.9. The molecule has 0 aliphatic carbocycles. The van der Waals surface area contributed by atoms with Gasteiger partial charge in [-0.1, -0.05) is 117 Å². The van der Waals surface area contributed by atoms with Crippen molar-refractivity contribution in [3.63, 3.8) is 0 Å². The summed E-state index contributed by atoms with van der Waals surface area (Å²) in [6.07, 6.45) is 21.9. The van der Waals surface area contributed by atoms with E-state index in [1.54, 1.807) is 11.3 Å². The van der Waals surface area contributed by atoms with Gasteiger partial charge in [0.25, 0.3) is 0 Å². The van der Waals surface area contributed by atoms with Crippen molar-refractivity contribution in [1.29, 1.82) is 0 Å². The fraction of sp³-hybridized carbons (Fsp3) is 0.553. The number of hydrogen-bond acceptors (Lipinski definition) is 8. The molecule has 0 radical (unpaired) electrons. The predicted molar refractivity (Wildman–Crippen MR) is 244 cm³/mol. The highest BCUT2D eigenvalue weighted by Gasteiger charge is 2.23. The minimum Gasteiger partial charge on any atom is -0.492 e. The smallest absolute Gasteiger partial charge is 0.348 e. The van der Waals surface area contributed by atoms with Crippen LogP contribution in [0, 0.1) is 13.8 Å². The van der Waals surface area contributed by atoms with E-state index in [-0.39, 0.29) is 5.97 Å². The highest BCUT2D eigenvalue weighted by atomic mass is 32.1. The Morgan fingerprint density at radius 3 is 1.76 bits per heavy atom. The van der Waals surface area contributed by atoms with Gasteiger partial charge in [-0.3, -0.25) is 0 Å². The number of thiophene rings is 4. The van der Waals surface area contributed by atoms with Crippen molar-refractivity contribution < 1.29 is 19.0 Å². The van der Waals surface area contributed by atoms with Gasteiger partial charge in [0, 0.05) is 45.6 Å². The Labute approximate surface area is 345 Å². The Morgan fingerprint density at radius 2 is 1.11 bits per heavy atom. The van der Waals surface area contributed by atoms with Crippen molar-refractivity contribution in [1.82, 2.24) is 0 Å². The van der Waals surface area contributed by atoms with Crippen LogP contribution in [0.4, 0.5) is 0 Å². The number of aryl methyl sites for hydroxylation is 2. The van der Waals surface area contributed by atoms with Crippen molar-refractivity contribution in [2.75, 3.05) is 19.8 Å². The summed E-state index contributed by atoms with van der Waals surface area (Å²) in [7, 11) is 0. The molecule has 0 atom stereocenters. The molecule has 0 spiro atoms. The molecule has 0 bridgehead atoms. The van der Waals surface area contributed by atoms with E-state index in [0.717, 1.165) is 66.6 Å². The number of hydrogen-bond donors (Lipinski definition) is 0. The fourth-order valence-electron chi connectivity index (χ4n) is 7.58. The highest BCUT2D eigenvalue weighted by Crippen LogP contribution is 2.51. The largest absolute Gasteiger partial charge is 0.492 e. The van der Waals surface area contributed by atoms with Crippen LogP contribution in [-0.4, -0.2) is 25.8 Å². The van der Waals surface area contributed by atoms with Gasteiger partial charge < -0.3 is 14.2 Å². The van der Waals surface area contributed by atoms with E-state index >= 15 is 0 Å². The van der Waals surface area contributed by atoms with Crippen LogP contribution < -0.4 is 9.47 Å². The number of rotatable bonds is 25. The van der Waals surface area contributed by atoms with Gasteiger partial charge >= 0.3 is 5.97 Å². The molecule has 0 saturated heterocycles. The van der Waals surface area contributed by atoms with Crippen LogP contribution in [0.5, 0.6) is 11.5 Å². The lowest BCUT2D eigenvalue weighted by atomic mass is 10.0. The molecule has 0 aliphatic heterocycles. The third kappa shape index (κ3) is 10.7. The van der Waals surface area contributed by atoms with E-state index in [9.17, 15) is 4.79 Å². The van der Waals surface area contributed by atoms with Crippen LogP contribution in [-0.2, 0) is 4.74 Å². The van der Waals surface area contributed by atoms with E-state index < -0.39 is 0 Å². The predicted octanol–water partition coefficient (Wildman–Crippen LogP) is 16.8. The van der Waals surface area contributed by atoms with Gasteiger partial charge in [0.2, 0.25) is 0 Å². The quantitative estimate of drug-likeness (QED) is 0.0426. The first-order chi connectivity index (χ1) is 26.9. The summed E-state index contributed by atoms with van der Waals surface area (Å²) >= 11 is 7.07. The second-order valence-electron chi connectivity index (χ2n) is 15.3. The van der Waals surface area contributed by atoms with Crippen molar-refractivity contribution in [3.8, 4) is 21.3 Å². The molecule has 6 rings (SSSR count). The summed E-state index contributed by atoms with van der Waals surface area (Å²) in [6, 6.07) is 11.4. The van der Waals surface area contributed by atoms with Gasteiger partial charge in [0.05, 0.1) is 29.4 Å². The Morgan fingerprint density at radius 1 is 0.527 bits per heavy atom. The zero-order chi connectivity index (χ0) is 38.6. The number of ether oxygens (including phenoxy) is 3. The van der Waals surface area contributed by atoms with Crippen molar-refractivity contribution >= 4 is 92.3 Å². The van der Waals surface area contributed by atoms with Gasteiger partial charge in [0.1, 0.15) is 16.4 Å². The molecule has 0 aliphatic rings. The Bertz CT molecular complexity index is 2040. The molecule has 4 aromatic heterocycles. The molecule has 55 heavy (non-hydrogen) atoms. The number of esters is 1. The molecule has 298 valence electrons. The Hall–Kier alpha value is -2.65. The summed E-state index contributed by atoms with van der Waals surface area (Å²) in [5, 5.41) is 5.86. The molecule has 6 aromatic rings. The molecule has 4 nitrogen and oxygen atoms in total. The second kappa shape index (κ2) is 21.2. The van der Waals surface area contributed by atoms with Gasteiger partial charge in [0.15, 0.2) is 0 Å². The average molecular weight is 819 g/mol. The van der Waals surface area contributed by atoms with Crippen molar-refractivity contribution in [2.24, 2.45) is 0 Å². The van der Waals surface area contributed by atoms with Gasteiger partial charge in [-0.15, -0.1) is 45.3 Å². The zero-order valence-corrected chi connectivity index (χ0v) is 37.3. The van der Waals surface area contributed by atoms with E-state index in [1.165, 1.54) is 134 Å². The Kier molecular flexibility index (Phi) is 16.2. The minimum absolute atomic E-state index is 0.190. The van der Waals surface area contributed by atoms with Crippen LogP contribution in [0.2, 0.25) is 0 Å². The Balaban J connectivity index is 1.30. The molecule has 0 fully saturated rings. The maximum Gasteiger partial charge on any atom is 0.348 e. The monoisotopic (exact) mass is 818 g/mol. The first kappa shape index (κ1) is 42.0. The maximum absolute atomic E-state index is 13.1. The number of fused-ring (bicyclic) bond motifs is 4. The zero-order valence-electron chi connectivity index (χ0n) is 34.0. The highest BCUT2D eigenvalue weighted by molar-refractivity contribution is 7.30. The lowest BCUT2D eigenvalue weighted by Gasteiger charge is -2.16. The third-order valence-electron chi connectivity index (χ3n) is 10.6. The molecule has 0 N–H and O–H groups in total. The fourth-order valence-corrected chi connectivity index (χ4v) is 12.1. The summed E-state index contributed by atoms with van der Waals surface area (Å²) < 4.78 is 23.0. The lowest BCUT2D eigenvalue weighted by Crippen LogP contribution is -2.04. The van der Waals surface area contributed by atoms with E-state index in [0.29, 0.717) is 11.5 Å².